The topological polar surface area (TPSA) is 88.5 Å². The van der Waals surface area contributed by atoms with Gasteiger partial charge in [-0.1, -0.05) is 17.7 Å². The number of pyridine rings is 1. The second-order valence-corrected chi connectivity index (χ2v) is 7.54. The lowest BCUT2D eigenvalue weighted by Crippen LogP contribution is -2.33. The Labute approximate surface area is 155 Å². The number of aryl methyl sites for hydroxylation is 1. The number of halogens is 1. The van der Waals surface area contributed by atoms with Crippen LogP contribution in [-0.2, 0) is 11.2 Å². The van der Waals surface area contributed by atoms with Gasteiger partial charge in [0.2, 0.25) is 0 Å². The van der Waals surface area contributed by atoms with Gasteiger partial charge >= 0.3 is 11.8 Å². The van der Waals surface area contributed by atoms with Crippen LogP contribution in [0.5, 0.6) is 0 Å². The molecule has 1 aromatic carbocycles. The smallest absolute Gasteiger partial charge is 0.407 e. The number of alkyl carbamates (subject to hydrolysis) is 1. The van der Waals surface area contributed by atoms with Crippen LogP contribution >= 0.6 is 11.6 Å². The van der Waals surface area contributed by atoms with Crippen molar-refractivity contribution in [1.29, 1.82) is 0 Å². The summed E-state index contributed by atoms with van der Waals surface area (Å²) in [5.41, 5.74) is 0.712. The molecular formula is C18H21ClN4O3. The van der Waals surface area contributed by atoms with E-state index in [1.165, 1.54) is 4.40 Å². The van der Waals surface area contributed by atoms with E-state index >= 15 is 0 Å². The molecular weight excluding hydrogens is 356 g/mol. The van der Waals surface area contributed by atoms with Gasteiger partial charge in [-0.3, -0.25) is 0 Å². The molecule has 0 radical (unpaired) electrons. The SMILES string of the molecule is CC(C)(C)OC(=O)NCCCc1cn2c(=O)[nH]nc2c2cc(Cl)ccc12. The van der Waals surface area contributed by atoms with E-state index in [4.69, 9.17) is 16.3 Å². The van der Waals surface area contributed by atoms with E-state index < -0.39 is 11.7 Å². The first-order valence-electron chi connectivity index (χ1n) is 8.39. The third-order valence-electron chi connectivity index (χ3n) is 3.85. The van der Waals surface area contributed by atoms with E-state index in [2.05, 4.69) is 15.5 Å². The van der Waals surface area contributed by atoms with Crippen molar-refractivity contribution in [2.24, 2.45) is 0 Å². The average Bonchev–Trinajstić information content (AvgIpc) is 2.91. The second kappa shape index (κ2) is 6.99. The maximum Gasteiger partial charge on any atom is 0.407 e. The van der Waals surface area contributed by atoms with E-state index in [9.17, 15) is 9.59 Å². The number of carbonyl (C=O) groups excluding carboxylic acids is 1. The highest BCUT2D eigenvalue weighted by atomic mass is 35.5. The Bertz CT molecular complexity index is 1020. The summed E-state index contributed by atoms with van der Waals surface area (Å²) in [5, 5.41) is 11.7. The molecule has 2 aromatic heterocycles. The summed E-state index contributed by atoms with van der Waals surface area (Å²) < 4.78 is 6.70. The number of ether oxygens (including phenoxy) is 1. The summed E-state index contributed by atoms with van der Waals surface area (Å²) in [5.74, 6) is 0. The molecule has 2 heterocycles. The number of aromatic amines is 1. The van der Waals surface area contributed by atoms with Crippen molar-refractivity contribution >= 4 is 34.1 Å². The van der Waals surface area contributed by atoms with Crippen LogP contribution in [0.1, 0.15) is 32.8 Å². The Morgan fingerprint density at radius 2 is 2.12 bits per heavy atom. The monoisotopic (exact) mass is 376 g/mol. The zero-order valence-corrected chi connectivity index (χ0v) is 15.7. The lowest BCUT2D eigenvalue weighted by atomic mass is 10.0. The number of nitrogens with one attached hydrogen (secondary N) is 2. The Balaban J connectivity index is 1.78. The second-order valence-electron chi connectivity index (χ2n) is 7.10. The molecule has 1 amide bonds. The number of nitrogens with zero attached hydrogens (tertiary/aromatic N) is 2. The first-order valence-corrected chi connectivity index (χ1v) is 8.77. The molecule has 0 atom stereocenters. The number of H-pyrrole nitrogens is 1. The molecule has 8 heteroatoms. The van der Waals surface area contributed by atoms with Gasteiger partial charge in [0.25, 0.3) is 0 Å². The van der Waals surface area contributed by atoms with Crippen LogP contribution in [0.15, 0.2) is 29.2 Å². The van der Waals surface area contributed by atoms with Gasteiger partial charge < -0.3 is 10.1 Å². The van der Waals surface area contributed by atoms with Crippen molar-refractivity contribution in [3.8, 4) is 0 Å². The van der Waals surface area contributed by atoms with Gasteiger partial charge in [0.05, 0.1) is 0 Å². The predicted molar refractivity (Wildman–Crippen MR) is 101 cm³/mol. The number of rotatable bonds is 4. The molecule has 0 bridgehead atoms. The Kier molecular flexibility index (Phi) is 4.91. The average molecular weight is 377 g/mol. The van der Waals surface area contributed by atoms with Crippen LogP contribution in [0.2, 0.25) is 5.02 Å². The van der Waals surface area contributed by atoms with Crippen LogP contribution in [-0.4, -0.2) is 32.8 Å². The number of amides is 1. The minimum Gasteiger partial charge on any atom is -0.444 e. The molecule has 7 nitrogen and oxygen atoms in total. The summed E-state index contributed by atoms with van der Waals surface area (Å²) >= 11 is 6.11. The molecule has 0 aliphatic rings. The number of carbonyl (C=O) groups is 1. The predicted octanol–water partition coefficient (Wildman–Crippen LogP) is 3.29. The van der Waals surface area contributed by atoms with E-state index in [0.717, 1.165) is 16.3 Å². The Morgan fingerprint density at radius 3 is 2.85 bits per heavy atom. The number of aromatic nitrogens is 3. The molecule has 0 aliphatic carbocycles. The molecule has 138 valence electrons. The van der Waals surface area contributed by atoms with Gasteiger partial charge in [0, 0.05) is 23.2 Å². The first kappa shape index (κ1) is 18.3. The third kappa shape index (κ3) is 3.99. The normalized spacial score (nSPS) is 11.8. The zero-order chi connectivity index (χ0) is 18.9. The van der Waals surface area contributed by atoms with E-state index in [-0.39, 0.29) is 5.69 Å². The fourth-order valence-electron chi connectivity index (χ4n) is 2.80. The van der Waals surface area contributed by atoms with Crippen molar-refractivity contribution in [2.45, 2.75) is 39.2 Å². The first-order chi connectivity index (χ1) is 12.2. The highest BCUT2D eigenvalue weighted by Crippen LogP contribution is 2.26. The quantitative estimate of drug-likeness (QED) is 0.684. The van der Waals surface area contributed by atoms with Crippen LogP contribution < -0.4 is 11.0 Å². The van der Waals surface area contributed by atoms with Crippen molar-refractivity contribution in [3.05, 3.63) is 45.5 Å². The Morgan fingerprint density at radius 1 is 1.35 bits per heavy atom. The standard InChI is InChI=1S/C18H21ClN4O3/c1-18(2,3)26-17(25)20-8-4-5-11-10-23-15(21-22-16(23)24)14-9-12(19)6-7-13(11)14/h6-7,9-10H,4-5,8H2,1-3H3,(H,20,25)(H,22,24). The summed E-state index contributed by atoms with van der Waals surface area (Å²) in [6.45, 7) is 5.94. The van der Waals surface area contributed by atoms with Crippen molar-refractivity contribution in [1.82, 2.24) is 19.9 Å². The molecule has 0 spiro atoms. The number of hydrogen-bond acceptors (Lipinski definition) is 4. The fraction of sp³-hybridized carbons (Fsp3) is 0.389. The molecule has 0 saturated carbocycles. The van der Waals surface area contributed by atoms with Crippen molar-refractivity contribution < 1.29 is 9.53 Å². The maximum absolute atomic E-state index is 12.0. The molecule has 0 unspecified atom stereocenters. The number of benzene rings is 1. The van der Waals surface area contributed by atoms with Crippen LogP contribution in [0.3, 0.4) is 0 Å². The van der Waals surface area contributed by atoms with E-state index in [1.54, 1.807) is 12.3 Å². The van der Waals surface area contributed by atoms with E-state index in [1.807, 2.05) is 32.9 Å². The van der Waals surface area contributed by atoms with Gasteiger partial charge in [0.15, 0.2) is 5.65 Å². The van der Waals surface area contributed by atoms with Gasteiger partial charge in [-0.15, -0.1) is 0 Å². The maximum atomic E-state index is 12.0. The van der Waals surface area contributed by atoms with E-state index in [0.29, 0.717) is 30.1 Å². The van der Waals surface area contributed by atoms with Crippen LogP contribution in [0.25, 0.3) is 16.4 Å². The van der Waals surface area contributed by atoms with Crippen molar-refractivity contribution in [3.63, 3.8) is 0 Å². The highest BCUT2D eigenvalue weighted by Gasteiger charge is 2.16. The zero-order valence-electron chi connectivity index (χ0n) is 14.9. The summed E-state index contributed by atoms with van der Waals surface area (Å²) in [7, 11) is 0. The molecule has 2 N–H and O–H groups in total. The largest absolute Gasteiger partial charge is 0.444 e. The molecule has 3 aromatic rings. The molecule has 0 fully saturated rings. The molecule has 0 saturated heterocycles. The molecule has 3 rings (SSSR count). The summed E-state index contributed by atoms with van der Waals surface area (Å²) in [6, 6.07) is 5.54. The van der Waals surface area contributed by atoms with Crippen LogP contribution in [0, 0.1) is 0 Å². The molecule has 26 heavy (non-hydrogen) atoms. The van der Waals surface area contributed by atoms with Gasteiger partial charge in [-0.05, 0) is 56.7 Å². The summed E-state index contributed by atoms with van der Waals surface area (Å²) in [4.78, 5) is 23.6. The highest BCUT2D eigenvalue weighted by molar-refractivity contribution is 6.31. The fourth-order valence-corrected chi connectivity index (χ4v) is 2.98. The lowest BCUT2D eigenvalue weighted by molar-refractivity contribution is 0.0527. The van der Waals surface area contributed by atoms with Crippen LogP contribution in [0.4, 0.5) is 4.79 Å². The molecule has 0 aliphatic heterocycles. The lowest BCUT2D eigenvalue weighted by Gasteiger charge is -2.19. The van der Waals surface area contributed by atoms with Gasteiger partial charge in [-0.2, -0.15) is 5.10 Å². The minimum absolute atomic E-state index is 0.296. The number of hydrogen-bond donors (Lipinski definition) is 2. The minimum atomic E-state index is -0.521. The number of fused-ring (bicyclic) bond motifs is 3. The Hall–Kier alpha value is -2.54. The van der Waals surface area contributed by atoms with Crippen molar-refractivity contribution in [2.75, 3.05) is 6.54 Å². The van der Waals surface area contributed by atoms with Gasteiger partial charge in [-0.25, -0.2) is 19.1 Å². The van der Waals surface area contributed by atoms with Gasteiger partial charge in [0.1, 0.15) is 5.60 Å². The third-order valence-corrected chi connectivity index (χ3v) is 4.08. The summed E-state index contributed by atoms with van der Waals surface area (Å²) in [6.07, 6.45) is 2.73.